The van der Waals surface area contributed by atoms with E-state index in [-0.39, 0.29) is 17.4 Å². The van der Waals surface area contributed by atoms with E-state index >= 15 is 0 Å². The van der Waals surface area contributed by atoms with E-state index in [9.17, 15) is 18.0 Å². The highest BCUT2D eigenvalue weighted by molar-refractivity contribution is 6.01. The summed E-state index contributed by atoms with van der Waals surface area (Å²) >= 11 is 0. The molecule has 0 aromatic carbocycles. The van der Waals surface area contributed by atoms with Gasteiger partial charge in [-0.2, -0.15) is 18.2 Å². The number of aromatic nitrogens is 2. The number of alkyl halides is 3. The summed E-state index contributed by atoms with van der Waals surface area (Å²) in [5, 5.41) is 8.43. The highest BCUT2D eigenvalue weighted by Crippen LogP contribution is 2.39. The van der Waals surface area contributed by atoms with Crippen molar-refractivity contribution in [3.63, 3.8) is 0 Å². The van der Waals surface area contributed by atoms with Crippen molar-refractivity contribution in [3.05, 3.63) is 23.3 Å². The molecule has 1 aliphatic carbocycles. The Balaban J connectivity index is 2.48. The average molecular weight is 274 g/mol. The van der Waals surface area contributed by atoms with E-state index in [1.54, 1.807) is 0 Å². The van der Waals surface area contributed by atoms with Crippen molar-refractivity contribution in [1.29, 1.82) is 0 Å². The smallest absolute Gasteiger partial charge is 0.433 e. The summed E-state index contributed by atoms with van der Waals surface area (Å²) in [5.74, 6) is -0.686. The lowest BCUT2D eigenvalue weighted by Crippen LogP contribution is -2.21. The molecule has 1 fully saturated rings. The van der Waals surface area contributed by atoms with Crippen LogP contribution in [0, 0.1) is 0 Å². The predicted molar refractivity (Wildman–Crippen MR) is 57.8 cm³/mol. The quantitative estimate of drug-likeness (QED) is 0.632. The number of carboxylic acid groups (broad SMARTS) is 1. The van der Waals surface area contributed by atoms with Crippen molar-refractivity contribution >= 4 is 11.9 Å². The van der Waals surface area contributed by atoms with Crippen LogP contribution in [0.4, 0.5) is 18.0 Å². The SMILES string of the molecule is NC(=NC(=O)O)c1cc(C(F)(F)F)nc(C2CC2)n1. The van der Waals surface area contributed by atoms with Gasteiger partial charge >= 0.3 is 12.3 Å². The summed E-state index contributed by atoms with van der Waals surface area (Å²) in [4.78, 5) is 20.6. The van der Waals surface area contributed by atoms with Gasteiger partial charge in [0.05, 0.1) is 0 Å². The van der Waals surface area contributed by atoms with Crippen LogP contribution in [0.2, 0.25) is 0 Å². The number of rotatable bonds is 2. The minimum atomic E-state index is -4.65. The van der Waals surface area contributed by atoms with Crippen molar-refractivity contribution < 1.29 is 23.1 Å². The maximum absolute atomic E-state index is 12.7. The van der Waals surface area contributed by atoms with E-state index in [0.717, 1.165) is 0 Å². The minimum absolute atomic E-state index is 0.0216. The summed E-state index contributed by atoms with van der Waals surface area (Å²) in [5.41, 5.74) is 3.83. The molecular weight excluding hydrogens is 265 g/mol. The van der Waals surface area contributed by atoms with Crippen molar-refractivity contribution in [3.8, 4) is 0 Å². The first-order chi connectivity index (χ1) is 8.77. The molecule has 6 nitrogen and oxygen atoms in total. The molecule has 0 radical (unpaired) electrons. The highest BCUT2D eigenvalue weighted by Gasteiger charge is 2.36. The number of amides is 1. The molecule has 9 heteroatoms. The van der Waals surface area contributed by atoms with E-state index in [0.29, 0.717) is 18.9 Å². The molecule has 0 bridgehead atoms. The molecule has 1 aromatic rings. The average Bonchev–Trinajstić information content (AvgIpc) is 3.10. The van der Waals surface area contributed by atoms with Gasteiger partial charge in [0.1, 0.15) is 17.2 Å². The van der Waals surface area contributed by atoms with Crippen LogP contribution in [0.3, 0.4) is 0 Å². The van der Waals surface area contributed by atoms with Gasteiger partial charge in [0.2, 0.25) is 0 Å². The van der Waals surface area contributed by atoms with E-state index in [2.05, 4.69) is 15.0 Å². The van der Waals surface area contributed by atoms with E-state index in [1.165, 1.54) is 0 Å². The van der Waals surface area contributed by atoms with Crippen LogP contribution in [0.1, 0.15) is 36.0 Å². The fraction of sp³-hybridized carbons (Fsp3) is 0.400. The molecule has 102 valence electrons. The zero-order chi connectivity index (χ0) is 14.2. The molecule has 0 atom stereocenters. The van der Waals surface area contributed by atoms with Gasteiger partial charge in [-0.05, 0) is 18.9 Å². The monoisotopic (exact) mass is 274 g/mol. The van der Waals surface area contributed by atoms with Crippen molar-refractivity contribution in [2.45, 2.75) is 24.9 Å². The number of nitrogens with two attached hydrogens (primary N) is 1. The van der Waals surface area contributed by atoms with Gasteiger partial charge in [-0.15, -0.1) is 0 Å². The Morgan fingerprint density at radius 1 is 1.42 bits per heavy atom. The van der Waals surface area contributed by atoms with E-state index < -0.39 is 23.8 Å². The number of carbonyl (C=O) groups is 1. The molecule has 19 heavy (non-hydrogen) atoms. The molecule has 0 aliphatic heterocycles. The van der Waals surface area contributed by atoms with Crippen molar-refractivity contribution in [2.75, 3.05) is 0 Å². The maximum Gasteiger partial charge on any atom is 0.433 e. The van der Waals surface area contributed by atoms with Gasteiger partial charge in [-0.1, -0.05) is 0 Å². The largest absolute Gasteiger partial charge is 0.463 e. The Labute approximate surface area is 105 Å². The third-order valence-electron chi connectivity index (χ3n) is 2.45. The van der Waals surface area contributed by atoms with Crippen LogP contribution in [0.5, 0.6) is 0 Å². The Hall–Kier alpha value is -2.19. The van der Waals surface area contributed by atoms with E-state index in [4.69, 9.17) is 10.8 Å². The molecule has 0 unspecified atom stereocenters. The van der Waals surface area contributed by atoms with Crippen LogP contribution in [0.15, 0.2) is 11.1 Å². The molecular formula is C10H9F3N4O2. The zero-order valence-corrected chi connectivity index (χ0v) is 9.48. The Kier molecular flexibility index (Phi) is 3.13. The van der Waals surface area contributed by atoms with Gasteiger partial charge in [0.15, 0.2) is 5.84 Å². The standard InChI is InChI=1S/C10H9F3N4O2/c11-10(12,13)6-3-5(7(14)17-9(18)19)15-8(16-6)4-1-2-4/h3-4H,1-2H2,(H2,14,17)(H,18,19). The lowest BCUT2D eigenvalue weighted by Gasteiger charge is -2.09. The summed E-state index contributed by atoms with van der Waals surface area (Å²) in [7, 11) is 0. The zero-order valence-electron chi connectivity index (χ0n) is 9.48. The Bertz CT molecular complexity index is 552. The first kappa shape index (κ1) is 13.2. The molecule has 1 saturated carbocycles. The second-order valence-corrected chi connectivity index (χ2v) is 4.05. The summed E-state index contributed by atoms with van der Waals surface area (Å²) in [6.45, 7) is 0. The Morgan fingerprint density at radius 2 is 2.05 bits per heavy atom. The molecule has 2 rings (SSSR count). The lowest BCUT2D eigenvalue weighted by molar-refractivity contribution is -0.141. The second-order valence-electron chi connectivity index (χ2n) is 4.05. The number of hydrogen-bond acceptors (Lipinski definition) is 3. The summed E-state index contributed by atoms with van der Waals surface area (Å²) in [6.07, 6.45) is -4.84. The molecule has 1 aromatic heterocycles. The normalized spacial score (nSPS) is 16.5. The number of halogens is 3. The topological polar surface area (TPSA) is 101 Å². The van der Waals surface area contributed by atoms with Crippen LogP contribution in [-0.4, -0.2) is 27.0 Å². The predicted octanol–water partition coefficient (Wildman–Crippen LogP) is 1.76. The van der Waals surface area contributed by atoms with Gasteiger partial charge in [0, 0.05) is 5.92 Å². The Morgan fingerprint density at radius 3 is 2.53 bits per heavy atom. The minimum Gasteiger partial charge on any atom is -0.463 e. The number of hydrogen-bond donors (Lipinski definition) is 2. The van der Waals surface area contributed by atoms with Gasteiger partial charge < -0.3 is 10.8 Å². The second kappa shape index (κ2) is 4.48. The molecule has 1 amide bonds. The fourth-order valence-electron chi connectivity index (χ4n) is 1.43. The molecule has 1 aliphatic rings. The summed E-state index contributed by atoms with van der Waals surface area (Å²) in [6, 6.07) is 0.591. The molecule has 1 heterocycles. The molecule has 0 saturated heterocycles. The van der Waals surface area contributed by atoms with Crippen LogP contribution in [0.25, 0.3) is 0 Å². The maximum atomic E-state index is 12.7. The van der Waals surface area contributed by atoms with Gasteiger partial charge in [-0.3, -0.25) is 0 Å². The summed E-state index contributed by atoms with van der Waals surface area (Å²) < 4.78 is 38.0. The first-order valence-corrected chi connectivity index (χ1v) is 5.31. The number of nitrogens with zero attached hydrogens (tertiary/aromatic N) is 3. The molecule has 0 spiro atoms. The first-order valence-electron chi connectivity index (χ1n) is 5.31. The van der Waals surface area contributed by atoms with E-state index in [1.807, 2.05) is 0 Å². The third kappa shape index (κ3) is 3.18. The van der Waals surface area contributed by atoms with Gasteiger partial charge in [0.25, 0.3) is 0 Å². The van der Waals surface area contributed by atoms with Crippen molar-refractivity contribution in [1.82, 2.24) is 9.97 Å². The lowest BCUT2D eigenvalue weighted by atomic mass is 10.2. The molecule has 3 N–H and O–H groups in total. The van der Waals surface area contributed by atoms with Gasteiger partial charge in [-0.25, -0.2) is 14.8 Å². The third-order valence-corrected chi connectivity index (χ3v) is 2.45. The fourth-order valence-corrected chi connectivity index (χ4v) is 1.43. The number of amidine groups is 1. The van der Waals surface area contributed by atoms with Crippen LogP contribution in [-0.2, 0) is 6.18 Å². The van der Waals surface area contributed by atoms with Crippen molar-refractivity contribution in [2.24, 2.45) is 10.7 Å². The van der Waals surface area contributed by atoms with Crippen LogP contribution >= 0.6 is 0 Å². The number of aliphatic imine (C=N–C) groups is 1. The van der Waals surface area contributed by atoms with Crippen LogP contribution < -0.4 is 5.73 Å². The highest BCUT2D eigenvalue weighted by atomic mass is 19.4.